The van der Waals surface area contributed by atoms with Crippen LogP contribution in [0, 0.1) is 5.82 Å². The molecule has 3 heteroatoms. The van der Waals surface area contributed by atoms with Crippen LogP contribution in [0.15, 0.2) is 23.1 Å². The van der Waals surface area contributed by atoms with Gasteiger partial charge in [-0.2, -0.15) is 0 Å². The van der Waals surface area contributed by atoms with Gasteiger partial charge in [0.15, 0.2) is 0 Å². The molecule has 1 aromatic rings. The van der Waals surface area contributed by atoms with Crippen LogP contribution in [0.4, 0.5) is 4.39 Å². The molecule has 0 fully saturated rings. The summed E-state index contributed by atoms with van der Waals surface area (Å²) in [4.78, 5) is 1.12. The summed E-state index contributed by atoms with van der Waals surface area (Å²) in [5.74, 6) is -0.123. The van der Waals surface area contributed by atoms with Gasteiger partial charge in [-0.25, -0.2) is 4.39 Å². The molecule has 1 aliphatic rings. The summed E-state index contributed by atoms with van der Waals surface area (Å²) >= 11 is 1.83. The van der Waals surface area contributed by atoms with Gasteiger partial charge in [-0.05, 0) is 37.1 Å². The molecule has 1 heterocycles. The third-order valence-electron chi connectivity index (χ3n) is 3.15. The predicted octanol–water partition coefficient (Wildman–Crippen LogP) is 4.14. The summed E-state index contributed by atoms with van der Waals surface area (Å²) in [5, 5.41) is 4.16. The normalized spacial score (nSPS) is 22.8. The monoisotopic (exact) mass is 253 g/mol. The van der Waals surface area contributed by atoms with E-state index in [9.17, 15) is 4.39 Å². The second kappa shape index (κ2) is 5.87. The third kappa shape index (κ3) is 2.83. The molecule has 0 saturated heterocycles. The average Bonchev–Trinajstić information content (AvgIpc) is 2.63. The fraction of sp³-hybridized carbons (Fsp3) is 0.571. The molecule has 2 unspecified atom stereocenters. The minimum atomic E-state index is -0.123. The zero-order valence-electron chi connectivity index (χ0n) is 10.5. The van der Waals surface area contributed by atoms with E-state index in [0.717, 1.165) is 17.9 Å². The van der Waals surface area contributed by atoms with Crippen molar-refractivity contribution in [2.45, 2.75) is 49.3 Å². The van der Waals surface area contributed by atoms with Crippen LogP contribution in [0.2, 0.25) is 0 Å². The van der Waals surface area contributed by atoms with Crippen molar-refractivity contribution in [2.75, 3.05) is 6.54 Å². The van der Waals surface area contributed by atoms with Gasteiger partial charge >= 0.3 is 0 Å². The lowest BCUT2D eigenvalue weighted by Gasteiger charge is -2.20. The summed E-state index contributed by atoms with van der Waals surface area (Å²) in [6.45, 7) is 5.42. The Morgan fingerprint density at radius 1 is 1.29 bits per heavy atom. The number of halogens is 1. The smallest absolute Gasteiger partial charge is 0.124 e. The fourth-order valence-corrected chi connectivity index (χ4v) is 3.92. The van der Waals surface area contributed by atoms with Crippen molar-refractivity contribution in [2.24, 2.45) is 0 Å². The van der Waals surface area contributed by atoms with E-state index in [-0.39, 0.29) is 5.82 Å². The van der Waals surface area contributed by atoms with Gasteiger partial charge in [-0.15, -0.1) is 11.8 Å². The molecule has 0 radical (unpaired) electrons. The molecule has 2 rings (SSSR count). The van der Waals surface area contributed by atoms with Crippen molar-refractivity contribution in [1.82, 2.24) is 5.32 Å². The van der Waals surface area contributed by atoms with E-state index in [4.69, 9.17) is 0 Å². The third-order valence-corrected chi connectivity index (χ3v) is 4.57. The molecule has 1 aromatic carbocycles. The first kappa shape index (κ1) is 12.9. The van der Waals surface area contributed by atoms with Gasteiger partial charge in [-0.3, -0.25) is 0 Å². The minimum Gasteiger partial charge on any atom is -0.309 e. The highest BCUT2D eigenvalue weighted by atomic mass is 32.2. The Labute approximate surface area is 107 Å². The number of rotatable bonds is 5. The van der Waals surface area contributed by atoms with Crippen LogP contribution >= 0.6 is 11.8 Å². The van der Waals surface area contributed by atoms with Crippen molar-refractivity contribution < 1.29 is 4.39 Å². The highest BCUT2D eigenvalue weighted by Crippen LogP contribution is 2.46. The number of thioether (sulfide) groups is 1. The molecule has 2 atom stereocenters. The largest absolute Gasteiger partial charge is 0.309 e. The lowest BCUT2D eigenvalue weighted by Crippen LogP contribution is -2.27. The SMILES string of the molecule is CCCNC1c2ccc(F)cc2SC1CCC. The number of fused-ring (bicyclic) bond motifs is 1. The average molecular weight is 253 g/mol. The molecule has 0 aromatic heterocycles. The topological polar surface area (TPSA) is 12.0 Å². The quantitative estimate of drug-likeness (QED) is 0.846. The molecule has 0 amide bonds. The van der Waals surface area contributed by atoms with E-state index in [1.54, 1.807) is 12.1 Å². The number of nitrogens with one attached hydrogen (secondary N) is 1. The van der Waals surface area contributed by atoms with E-state index in [1.807, 2.05) is 17.8 Å². The lowest BCUT2D eigenvalue weighted by molar-refractivity contribution is 0.497. The Hall–Kier alpha value is -0.540. The maximum absolute atomic E-state index is 13.2. The zero-order chi connectivity index (χ0) is 12.3. The number of benzene rings is 1. The molecule has 17 heavy (non-hydrogen) atoms. The van der Waals surface area contributed by atoms with E-state index < -0.39 is 0 Å². The van der Waals surface area contributed by atoms with Gasteiger partial charge in [0.25, 0.3) is 0 Å². The zero-order valence-corrected chi connectivity index (χ0v) is 11.3. The molecule has 0 aliphatic carbocycles. The van der Waals surface area contributed by atoms with Gasteiger partial charge in [-0.1, -0.05) is 26.3 Å². The number of hydrogen-bond donors (Lipinski definition) is 1. The second-order valence-electron chi connectivity index (χ2n) is 4.56. The Balaban J connectivity index is 2.19. The molecule has 94 valence electrons. The van der Waals surface area contributed by atoms with Crippen molar-refractivity contribution in [3.63, 3.8) is 0 Å². The van der Waals surface area contributed by atoms with Crippen LogP contribution in [-0.2, 0) is 0 Å². The van der Waals surface area contributed by atoms with E-state index >= 15 is 0 Å². The summed E-state index contributed by atoms with van der Waals surface area (Å²) < 4.78 is 13.2. The molecule has 0 bridgehead atoms. The Kier molecular flexibility index (Phi) is 4.46. The molecule has 1 aliphatic heterocycles. The van der Waals surface area contributed by atoms with Gasteiger partial charge < -0.3 is 5.32 Å². The Morgan fingerprint density at radius 3 is 2.82 bits per heavy atom. The molecule has 1 N–H and O–H groups in total. The lowest BCUT2D eigenvalue weighted by atomic mass is 10.0. The first-order valence-corrected chi connectivity index (χ1v) is 7.33. The molecular weight excluding hydrogens is 233 g/mol. The summed E-state index contributed by atoms with van der Waals surface area (Å²) in [6.07, 6.45) is 3.50. The van der Waals surface area contributed by atoms with Crippen LogP contribution in [0.25, 0.3) is 0 Å². The number of hydrogen-bond acceptors (Lipinski definition) is 2. The van der Waals surface area contributed by atoms with Crippen LogP contribution in [0.5, 0.6) is 0 Å². The van der Waals surface area contributed by atoms with Gasteiger partial charge in [0, 0.05) is 16.2 Å². The van der Waals surface area contributed by atoms with Crippen molar-refractivity contribution in [3.05, 3.63) is 29.6 Å². The minimum absolute atomic E-state index is 0.123. The van der Waals surface area contributed by atoms with Crippen molar-refractivity contribution in [1.29, 1.82) is 0 Å². The highest BCUT2D eigenvalue weighted by molar-refractivity contribution is 8.00. The van der Waals surface area contributed by atoms with E-state index in [1.165, 1.54) is 18.4 Å². The van der Waals surface area contributed by atoms with Crippen molar-refractivity contribution in [3.8, 4) is 0 Å². The van der Waals surface area contributed by atoms with E-state index in [2.05, 4.69) is 19.2 Å². The maximum Gasteiger partial charge on any atom is 0.124 e. The predicted molar refractivity (Wildman–Crippen MR) is 72.0 cm³/mol. The van der Waals surface area contributed by atoms with Crippen LogP contribution in [-0.4, -0.2) is 11.8 Å². The standard InChI is InChI=1S/C14H20FNS/c1-3-5-12-14(16-8-4-2)11-7-6-10(15)9-13(11)17-12/h6-7,9,12,14,16H,3-5,8H2,1-2H3. The molecule has 0 spiro atoms. The Bertz CT molecular complexity index is 380. The van der Waals surface area contributed by atoms with Gasteiger partial charge in [0.2, 0.25) is 0 Å². The van der Waals surface area contributed by atoms with E-state index in [0.29, 0.717) is 11.3 Å². The van der Waals surface area contributed by atoms with Crippen LogP contribution < -0.4 is 5.32 Å². The van der Waals surface area contributed by atoms with Crippen LogP contribution in [0.3, 0.4) is 0 Å². The summed E-state index contributed by atoms with van der Waals surface area (Å²) in [7, 11) is 0. The first-order chi connectivity index (χ1) is 8.26. The van der Waals surface area contributed by atoms with Gasteiger partial charge in [0.1, 0.15) is 5.82 Å². The fourth-order valence-electron chi connectivity index (χ4n) is 2.35. The Morgan fingerprint density at radius 2 is 2.12 bits per heavy atom. The molecular formula is C14H20FNS. The first-order valence-electron chi connectivity index (χ1n) is 6.45. The molecule has 1 nitrogen and oxygen atoms in total. The highest BCUT2D eigenvalue weighted by Gasteiger charge is 2.32. The molecule has 0 saturated carbocycles. The van der Waals surface area contributed by atoms with Crippen LogP contribution in [0.1, 0.15) is 44.7 Å². The second-order valence-corrected chi connectivity index (χ2v) is 5.84. The maximum atomic E-state index is 13.2. The van der Waals surface area contributed by atoms with Gasteiger partial charge in [0.05, 0.1) is 0 Å². The summed E-state index contributed by atoms with van der Waals surface area (Å²) in [6, 6.07) is 5.60. The summed E-state index contributed by atoms with van der Waals surface area (Å²) in [5.41, 5.74) is 1.28. The van der Waals surface area contributed by atoms with Crippen molar-refractivity contribution >= 4 is 11.8 Å².